The molecule has 0 amide bonds. The average molecular weight is 246 g/mol. The predicted octanol–water partition coefficient (Wildman–Crippen LogP) is 2.67. The zero-order chi connectivity index (χ0) is 10.0. The molecule has 70 valence electrons. The third-order valence-corrected chi connectivity index (χ3v) is 2.25. The molecule has 0 saturated heterocycles. The molecule has 0 aliphatic heterocycles. The van der Waals surface area contributed by atoms with Crippen molar-refractivity contribution >= 4 is 21.6 Å². The number of hydrogen-bond acceptors (Lipinski definition) is 3. The zero-order valence-corrected chi connectivity index (χ0v) is 8.79. The molecule has 1 aromatic rings. The predicted molar refractivity (Wildman–Crippen MR) is 52.1 cm³/mol. The molecule has 0 saturated carbocycles. The van der Waals surface area contributed by atoms with E-state index in [-0.39, 0.29) is 5.69 Å². The summed E-state index contributed by atoms with van der Waals surface area (Å²) in [6, 6.07) is 3.20. The fourth-order valence-corrected chi connectivity index (χ4v) is 1.74. The lowest BCUT2D eigenvalue weighted by molar-refractivity contribution is -0.386. The number of methoxy groups -OCH3 is 1. The van der Waals surface area contributed by atoms with Crippen LogP contribution in [-0.4, -0.2) is 12.0 Å². The summed E-state index contributed by atoms with van der Waals surface area (Å²) < 4.78 is 5.40. The van der Waals surface area contributed by atoms with Gasteiger partial charge in [0, 0.05) is 11.6 Å². The van der Waals surface area contributed by atoms with Gasteiger partial charge in [-0.05, 0) is 28.9 Å². The quantitative estimate of drug-likeness (QED) is 0.595. The highest BCUT2D eigenvalue weighted by molar-refractivity contribution is 9.10. The largest absolute Gasteiger partial charge is 0.497 e. The molecule has 1 aromatic carbocycles. The van der Waals surface area contributed by atoms with Crippen LogP contribution in [0.25, 0.3) is 0 Å². The van der Waals surface area contributed by atoms with E-state index in [9.17, 15) is 10.1 Å². The lowest BCUT2D eigenvalue weighted by Gasteiger charge is -2.03. The van der Waals surface area contributed by atoms with E-state index >= 15 is 0 Å². The summed E-state index contributed by atoms with van der Waals surface area (Å²) >= 11 is 3.12. The average Bonchev–Trinajstić information content (AvgIpc) is 2.02. The van der Waals surface area contributed by atoms with Crippen LogP contribution in [0.3, 0.4) is 0 Å². The Morgan fingerprint density at radius 3 is 2.54 bits per heavy atom. The van der Waals surface area contributed by atoms with Gasteiger partial charge in [0.2, 0.25) is 0 Å². The summed E-state index contributed by atoms with van der Waals surface area (Å²) in [7, 11) is 1.52. The second-order valence-electron chi connectivity index (χ2n) is 2.53. The lowest BCUT2D eigenvalue weighted by atomic mass is 10.2. The standard InChI is InChI=1S/C8H8BrNO3/c1-5-3-6(13-2)4-7(9)8(5)10(11)12/h3-4H,1-2H3. The van der Waals surface area contributed by atoms with Crippen molar-refractivity contribution in [2.75, 3.05) is 7.11 Å². The van der Waals surface area contributed by atoms with Crippen molar-refractivity contribution in [3.05, 3.63) is 32.3 Å². The lowest BCUT2D eigenvalue weighted by Crippen LogP contribution is -1.94. The Labute approximate surface area is 83.8 Å². The molecule has 0 aliphatic rings. The maximum absolute atomic E-state index is 10.6. The Bertz CT molecular complexity index is 328. The van der Waals surface area contributed by atoms with E-state index < -0.39 is 4.92 Å². The fraction of sp³-hybridized carbons (Fsp3) is 0.250. The van der Waals surface area contributed by atoms with Crippen molar-refractivity contribution in [1.82, 2.24) is 0 Å². The van der Waals surface area contributed by atoms with Gasteiger partial charge in [0.25, 0.3) is 5.69 Å². The van der Waals surface area contributed by atoms with E-state index in [0.29, 0.717) is 15.8 Å². The van der Waals surface area contributed by atoms with E-state index in [1.165, 1.54) is 7.11 Å². The Morgan fingerprint density at radius 1 is 1.54 bits per heavy atom. The SMILES string of the molecule is COc1cc(C)c([N+](=O)[O-])c(Br)c1. The number of nitro benzene ring substituents is 1. The van der Waals surface area contributed by atoms with Crippen LogP contribution in [0, 0.1) is 17.0 Å². The van der Waals surface area contributed by atoms with Crippen molar-refractivity contribution < 1.29 is 9.66 Å². The smallest absolute Gasteiger partial charge is 0.286 e. The number of halogens is 1. The highest BCUT2D eigenvalue weighted by Crippen LogP contribution is 2.32. The Kier molecular flexibility index (Phi) is 2.87. The van der Waals surface area contributed by atoms with Gasteiger partial charge in [0.1, 0.15) is 5.75 Å². The van der Waals surface area contributed by atoms with Crippen LogP contribution >= 0.6 is 15.9 Å². The number of rotatable bonds is 2. The van der Waals surface area contributed by atoms with E-state index in [0.717, 1.165) is 0 Å². The molecule has 5 heteroatoms. The van der Waals surface area contributed by atoms with E-state index in [1.807, 2.05) is 0 Å². The molecule has 4 nitrogen and oxygen atoms in total. The van der Waals surface area contributed by atoms with E-state index in [2.05, 4.69) is 15.9 Å². The summed E-state index contributed by atoms with van der Waals surface area (Å²) in [4.78, 5) is 10.2. The van der Waals surface area contributed by atoms with Crippen molar-refractivity contribution in [2.45, 2.75) is 6.92 Å². The van der Waals surface area contributed by atoms with Gasteiger partial charge in [0.15, 0.2) is 0 Å². The first kappa shape index (κ1) is 9.98. The highest BCUT2D eigenvalue weighted by atomic mass is 79.9. The van der Waals surface area contributed by atoms with Crippen LogP contribution in [0.4, 0.5) is 5.69 Å². The summed E-state index contributed by atoms with van der Waals surface area (Å²) in [5, 5.41) is 10.6. The molecule has 0 fully saturated rings. The van der Waals surface area contributed by atoms with Crippen LogP contribution in [0.5, 0.6) is 5.75 Å². The fourth-order valence-electron chi connectivity index (χ4n) is 1.05. The molecule has 0 N–H and O–H groups in total. The summed E-state index contributed by atoms with van der Waals surface area (Å²) in [6.45, 7) is 1.67. The molecule has 13 heavy (non-hydrogen) atoms. The highest BCUT2D eigenvalue weighted by Gasteiger charge is 2.16. The molecule has 0 spiro atoms. The van der Waals surface area contributed by atoms with Gasteiger partial charge < -0.3 is 4.74 Å². The number of ether oxygens (including phenoxy) is 1. The van der Waals surface area contributed by atoms with E-state index in [1.54, 1.807) is 19.1 Å². The maximum Gasteiger partial charge on any atom is 0.286 e. The maximum atomic E-state index is 10.6. The van der Waals surface area contributed by atoms with E-state index in [4.69, 9.17) is 4.74 Å². The topological polar surface area (TPSA) is 52.4 Å². The molecule has 0 aromatic heterocycles. The number of nitro groups is 1. The van der Waals surface area contributed by atoms with Gasteiger partial charge in [-0.15, -0.1) is 0 Å². The normalized spacial score (nSPS) is 9.77. The minimum absolute atomic E-state index is 0.0841. The zero-order valence-electron chi connectivity index (χ0n) is 7.20. The van der Waals surface area contributed by atoms with Crippen LogP contribution in [-0.2, 0) is 0 Å². The monoisotopic (exact) mass is 245 g/mol. The van der Waals surface area contributed by atoms with Crippen LogP contribution in [0.15, 0.2) is 16.6 Å². The molecule has 0 aliphatic carbocycles. The van der Waals surface area contributed by atoms with Crippen molar-refractivity contribution in [3.63, 3.8) is 0 Å². The van der Waals surface area contributed by atoms with Gasteiger partial charge in [-0.25, -0.2) is 0 Å². The summed E-state index contributed by atoms with van der Waals surface area (Å²) in [5.74, 6) is 0.606. The molecule has 0 unspecified atom stereocenters. The van der Waals surface area contributed by atoms with Crippen LogP contribution in [0.2, 0.25) is 0 Å². The third-order valence-electron chi connectivity index (χ3n) is 1.65. The minimum atomic E-state index is -0.418. The first-order valence-corrected chi connectivity index (χ1v) is 4.34. The first-order chi connectivity index (χ1) is 6.06. The number of nitrogens with zero attached hydrogens (tertiary/aromatic N) is 1. The van der Waals surface area contributed by atoms with Gasteiger partial charge in [0.05, 0.1) is 16.5 Å². The molecular weight excluding hydrogens is 238 g/mol. The Morgan fingerprint density at radius 2 is 2.15 bits per heavy atom. The van der Waals surface area contributed by atoms with Gasteiger partial charge >= 0.3 is 0 Å². The molecule has 0 radical (unpaired) electrons. The summed E-state index contributed by atoms with van der Waals surface area (Å²) in [6.07, 6.45) is 0. The molecular formula is C8H8BrNO3. The van der Waals surface area contributed by atoms with Gasteiger partial charge in [-0.1, -0.05) is 0 Å². The van der Waals surface area contributed by atoms with Crippen molar-refractivity contribution in [1.29, 1.82) is 0 Å². The molecule has 1 rings (SSSR count). The van der Waals surface area contributed by atoms with Crippen LogP contribution in [0.1, 0.15) is 5.56 Å². The number of benzene rings is 1. The summed E-state index contributed by atoms with van der Waals surface area (Å²) in [5.41, 5.74) is 0.664. The Balaban J connectivity index is 3.31. The number of aryl methyl sites for hydroxylation is 1. The van der Waals surface area contributed by atoms with Gasteiger partial charge in [-0.3, -0.25) is 10.1 Å². The molecule has 0 atom stereocenters. The third kappa shape index (κ3) is 1.98. The van der Waals surface area contributed by atoms with Gasteiger partial charge in [-0.2, -0.15) is 0 Å². The molecule has 0 heterocycles. The second kappa shape index (κ2) is 3.74. The van der Waals surface area contributed by atoms with Crippen molar-refractivity contribution in [2.24, 2.45) is 0 Å². The Hall–Kier alpha value is -1.10. The minimum Gasteiger partial charge on any atom is -0.497 e. The van der Waals surface area contributed by atoms with Crippen molar-refractivity contribution in [3.8, 4) is 5.75 Å². The molecule has 0 bridgehead atoms. The second-order valence-corrected chi connectivity index (χ2v) is 3.39. The van der Waals surface area contributed by atoms with Crippen LogP contribution < -0.4 is 4.74 Å². The first-order valence-electron chi connectivity index (χ1n) is 3.54. The number of hydrogen-bond donors (Lipinski definition) is 0.